The molecule has 0 radical (unpaired) electrons. The van der Waals surface area contributed by atoms with Gasteiger partial charge >= 0.3 is 0 Å². The van der Waals surface area contributed by atoms with E-state index in [9.17, 15) is 0 Å². The van der Waals surface area contributed by atoms with Crippen molar-refractivity contribution in [2.75, 3.05) is 7.11 Å². The van der Waals surface area contributed by atoms with E-state index in [1.54, 1.807) is 7.11 Å². The summed E-state index contributed by atoms with van der Waals surface area (Å²) in [7, 11) is 1.66. The molecular formula is C19H19NO2. The maximum Gasteiger partial charge on any atom is 0.162 e. The van der Waals surface area contributed by atoms with Crippen molar-refractivity contribution in [3.05, 3.63) is 48.0 Å². The third-order valence-electron chi connectivity index (χ3n) is 4.08. The number of ether oxygens (including phenoxy) is 2. The second-order valence-corrected chi connectivity index (χ2v) is 5.58. The Morgan fingerprint density at radius 1 is 1.00 bits per heavy atom. The van der Waals surface area contributed by atoms with Gasteiger partial charge in [-0.25, -0.2) is 0 Å². The Balaban J connectivity index is 1.93. The van der Waals surface area contributed by atoms with Crippen LogP contribution in [0, 0.1) is 11.3 Å². The summed E-state index contributed by atoms with van der Waals surface area (Å²) in [4.78, 5) is 0. The molecule has 0 N–H and O–H groups in total. The Hall–Kier alpha value is -2.47. The van der Waals surface area contributed by atoms with Crippen LogP contribution in [0.5, 0.6) is 11.5 Å². The fraction of sp³-hybridized carbons (Fsp3) is 0.316. The van der Waals surface area contributed by atoms with Crippen LogP contribution in [0.2, 0.25) is 0 Å². The maximum atomic E-state index is 9.04. The largest absolute Gasteiger partial charge is 0.493 e. The Labute approximate surface area is 131 Å². The van der Waals surface area contributed by atoms with E-state index < -0.39 is 0 Å². The van der Waals surface area contributed by atoms with Gasteiger partial charge in [-0.3, -0.25) is 0 Å². The Kier molecular flexibility index (Phi) is 4.29. The highest BCUT2D eigenvalue weighted by Crippen LogP contribution is 2.35. The molecular weight excluding hydrogens is 274 g/mol. The minimum Gasteiger partial charge on any atom is -0.493 e. The standard InChI is InChI=1S/C19H19NO2/c1-21-18-10-9-16(15-6-4-5-14(11-15)13-20)12-19(18)22-17-7-2-3-8-17/h4-6,9-12,17H,2-3,7-8H2,1H3. The third kappa shape index (κ3) is 3.07. The minimum atomic E-state index is 0.287. The number of benzene rings is 2. The smallest absolute Gasteiger partial charge is 0.162 e. The van der Waals surface area contributed by atoms with Gasteiger partial charge < -0.3 is 9.47 Å². The summed E-state index contributed by atoms with van der Waals surface area (Å²) in [5.74, 6) is 1.54. The molecule has 3 nitrogen and oxygen atoms in total. The van der Waals surface area contributed by atoms with Gasteiger partial charge in [0.1, 0.15) is 0 Å². The van der Waals surface area contributed by atoms with Crippen molar-refractivity contribution in [1.82, 2.24) is 0 Å². The van der Waals surface area contributed by atoms with Gasteiger partial charge in [0.25, 0.3) is 0 Å². The van der Waals surface area contributed by atoms with Crippen LogP contribution in [-0.4, -0.2) is 13.2 Å². The second-order valence-electron chi connectivity index (χ2n) is 5.58. The molecule has 1 aliphatic rings. The fourth-order valence-corrected chi connectivity index (χ4v) is 2.90. The van der Waals surface area contributed by atoms with E-state index >= 15 is 0 Å². The second kappa shape index (κ2) is 6.53. The zero-order chi connectivity index (χ0) is 15.4. The van der Waals surface area contributed by atoms with E-state index in [4.69, 9.17) is 14.7 Å². The molecule has 2 aromatic carbocycles. The summed E-state index contributed by atoms with van der Waals surface area (Å²) < 4.78 is 11.5. The zero-order valence-corrected chi connectivity index (χ0v) is 12.7. The number of nitriles is 1. The van der Waals surface area contributed by atoms with Crippen LogP contribution < -0.4 is 9.47 Å². The molecule has 3 rings (SSSR count). The van der Waals surface area contributed by atoms with Crippen molar-refractivity contribution < 1.29 is 9.47 Å². The van der Waals surface area contributed by atoms with Crippen LogP contribution in [0.4, 0.5) is 0 Å². The van der Waals surface area contributed by atoms with Gasteiger partial charge in [-0.15, -0.1) is 0 Å². The molecule has 1 aliphatic carbocycles. The van der Waals surface area contributed by atoms with Crippen molar-refractivity contribution in [2.45, 2.75) is 31.8 Å². The van der Waals surface area contributed by atoms with Crippen molar-refractivity contribution in [1.29, 1.82) is 5.26 Å². The highest BCUT2D eigenvalue weighted by Gasteiger charge is 2.18. The topological polar surface area (TPSA) is 42.2 Å². The van der Waals surface area contributed by atoms with Crippen LogP contribution in [0.15, 0.2) is 42.5 Å². The van der Waals surface area contributed by atoms with E-state index in [1.807, 2.05) is 42.5 Å². The summed E-state index contributed by atoms with van der Waals surface area (Å²) in [6, 6.07) is 15.7. The molecule has 3 heteroatoms. The Morgan fingerprint density at radius 3 is 2.50 bits per heavy atom. The number of nitrogens with zero attached hydrogens (tertiary/aromatic N) is 1. The van der Waals surface area contributed by atoms with Crippen LogP contribution in [-0.2, 0) is 0 Å². The lowest BCUT2D eigenvalue weighted by molar-refractivity contribution is 0.201. The van der Waals surface area contributed by atoms with Crippen LogP contribution >= 0.6 is 0 Å². The molecule has 0 spiro atoms. The van der Waals surface area contributed by atoms with Gasteiger partial charge in [-0.2, -0.15) is 5.26 Å². The first-order chi connectivity index (χ1) is 10.8. The first-order valence-corrected chi connectivity index (χ1v) is 7.65. The normalized spacial score (nSPS) is 14.5. The summed E-state index contributed by atoms with van der Waals surface area (Å²) in [5, 5.41) is 9.04. The van der Waals surface area contributed by atoms with Crippen molar-refractivity contribution in [3.8, 4) is 28.7 Å². The quantitative estimate of drug-likeness (QED) is 0.830. The van der Waals surface area contributed by atoms with Gasteiger partial charge in [0.05, 0.1) is 24.8 Å². The summed E-state index contributed by atoms with van der Waals surface area (Å²) >= 11 is 0. The monoisotopic (exact) mass is 293 g/mol. The minimum absolute atomic E-state index is 0.287. The summed E-state index contributed by atoms with van der Waals surface area (Å²) in [6.07, 6.45) is 4.97. The zero-order valence-electron chi connectivity index (χ0n) is 12.7. The number of hydrogen-bond acceptors (Lipinski definition) is 3. The molecule has 1 fully saturated rings. The average molecular weight is 293 g/mol. The molecule has 1 saturated carbocycles. The number of hydrogen-bond donors (Lipinski definition) is 0. The third-order valence-corrected chi connectivity index (χ3v) is 4.08. The molecule has 0 atom stereocenters. The summed E-state index contributed by atoms with van der Waals surface area (Å²) in [5.41, 5.74) is 2.70. The van der Waals surface area contributed by atoms with Gasteiger partial charge in [-0.1, -0.05) is 18.2 Å². The SMILES string of the molecule is COc1ccc(-c2cccc(C#N)c2)cc1OC1CCCC1. The number of methoxy groups -OCH3 is 1. The van der Waals surface area contributed by atoms with Crippen molar-refractivity contribution in [3.63, 3.8) is 0 Å². The lowest BCUT2D eigenvalue weighted by Crippen LogP contribution is -2.11. The maximum absolute atomic E-state index is 9.04. The van der Waals surface area contributed by atoms with E-state index in [1.165, 1.54) is 12.8 Å². The van der Waals surface area contributed by atoms with E-state index in [-0.39, 0.29) is 6.10 Å². The summed E-state index contributed by atoms with van der Waals surface area (Å²) in [6.45, 7) is 0. The van der Waals surface area contributed by atoms with Gasteiger partial charge in [-0.05, 0) is 61.1 Å². The lowest BCUT2D eigenvalue weighted by atomic mass is 10.0. The molecule has 0 aromatic heterocycles. The van der Waals surface area contributed by atoms with Gasteiger partial charge in [0.15, 0.2) is 11.5 Å². The Morgan fingerprint density at radius 2 is 1.77 bits per heavy atom. The molecule has 2 aromatic rings. The molecule has 0 heterocycles. The molecule has 0 amide bonds. The predicted molar refractivity (Wildman–Crippen MR) is 86.0 cm³/mol. The molecule has 0 saturated heterocycles. The first-order valence-electron chi connectivity index (χ1n) is 7.65. The van der Waals surface area contributed by atoms with E-state index in [2.05, 4.69) is 6.07 Å². The predicted octanol–water partition coefficient (Wildman–Crippen LogP) is 4.56. The highest BCUT2D eigenvalue weighted by atomic mass is 16.5. The van der Waals surface area contributed by atoms with E-state index in [0.29, 0.717) is 5.56 Å². The Bertz CT molecular complexity index is 697. The van der Waals surface area contributed by atoms with Crippen LogP contribution in [0.1, 0.15) is 31.2 Å². The van der Waals surface area contributed by atoms with Crippen LogP contribution in [0.25, 0.3) is 11.1 Å². The fourth-order valence-electron chi connectivity index (χ4n) is 2.90. The molecule has 0 bridgehead atoms. The molecule has 0 aliphatic heterocycles. The van der Waals surface area contributed by atoms with Crippen molar-refractivity contribution >= 4 is 0 Å². The molecule has 22 heavy (non-hydrogen) atoms. The number of rotatable bonds is 4. The van der Waals surface area contributed by atoms with Crippen LogP contribution in [0.3, 0.4) is 0 Å². The molecule has 112 valence electrons. The van der Waals surface area contributed by atoms with Crippen molar-refractivity contribution in [2.24, 2.45) is 0 Å². The highest BCUT2D eigenvalue weighted by molar-refractivity contribution is 5.68. The molecule has 0 unspecified atom stereocenters. The van der Waals surface area contributed by atoms with Gasteiger partial charge in [0, 0.05) is 0 Å². The van der Waals surface area contributed by atoms with E-state index in [0.717, 1.165) is 35.5 Å². The average Bonchev–Trinajstić information content (AvgIpc) is 3.08. The first kappa shape index (κ1) is 14.5. The van der Waals surface area contributed by atoms with Gasteiger partial charge in [0.2, 0.25) is 0 Å². The lowest BCUT2D eigenvalue weighted by Gasteiger charge is -2.17.